The highest BCUT2D eigenvalue weighted by Gasteiger charge is 2.30. The molecule has 20 heavy (non-hydrogen) atoms. The maximum Gasteiger partial charge on any atom is 0.244 e. The largest absolute Gasteiger partial charge is 0.244 e. The maximum atomic E-state index is 12.7. The Morgan fingerprint density at radius 3 is 2.80 bits per heavy atom. The first-order valence-corrected chi connectivity index (χ1v) is 9.60. The second kappa shape index (κ2) is 6.77. The molecule has 1 aromatic carbocycles. The first kappa shape index (κ1) is 16.3. The summed E-state index contributed by atoms with van der Waals surface area (Å²) in [7, 11) is -3.42. The fraction of sp³-hybridized carbons (Fsp3) is 0.571. The molecule has 0 aliphatic carbocycles. The summed E-state index contributed by atoms with van der Waals surface area (Å²) in [6, 6.07) is 5.19. The number of alkyl halides is 1. The molecule has 1 aliphatic heterocycles. The monoisotopic (exact) mass is 379 g/mol. The van der Waals surface area contributed by atoms with Gasteiger partial charge in [0.2, 0.25) is 10.0 Å². The predicted octanol–water partition coefficient (Wildman–Crippen LogP) is 4.00. The second-order valence-electron chi connectivity index (χ2n) is 5.18. The molecule has 1 atom stereocenters. The van der Waals surface area contributed by atoms with Crippen LogP contribution < -0.4 is 0 Å². The summed E-state index contributed by atoms with van der Waals surface area (Å²) in [4.78, 5) is 0.336. The third-order valence-electron chi connectivity index (χ3n) is 3.83. The van der Waals surface area contributed by atoms with Crippen LogP contribution in [0.15, 0.2) is 27.6 Å². The minimum Gasteiger partial charge on any atom is -0.207 e. The summed E-state index contributed by atoms with van der Waals surface area (Å²) >= 11 is 9.13. The van der Waals surface area contributed by atoms with Crippen LogP contribution in [0.3, 0.4) is 0 Å². The highest BCUT2D eigenvalue weighted by molar-refractivity contribution is 9.10. The van der Waals surface area contributed by atoms with Gasteiger partial charge in [-0.15, -0.1) is 11.6 Å². The van der Waals surface area contributed by atoms with E-state index >= 15 is 0 Å². The molecule has 3 nitrogen and oxygen atoms in total. The average Bonchev–Trinajstić information content (AvgIpc) is 2.46. The highest BCUT2D eigenvalue weighted by Crippen LogP contribution is 2.30. The maximum absolute atomic E-state index is 12.7. The molecule has 1 fully saturated rings. The number of nitrogens with zero attached hydrogens (tertiary/aromatic N) is 1. The van der Waals surface area contributed by atoms with E-state index < -0.39 is 10.0 Å². The Morgan fingerprint density at radius 1 is 1.45 bits per heavy atom. The summed E-state index contributed by atoms with van der Waals surface area (Å²) in [6.45, 7) is 3.36. The lowest BCUT2D eigenvalue weighted by Gasteiger charge is -2.31. The van der Waals surface area contributed by atoms with Gasteiger partial charge >= 0.3 is 0 Å². The smallest absolute Gasteiger partial charge is 0.207 e. The van der Waals surface area contributed by atoms with Gasteiger partial charge in [-0.2, -0.15) is 4.31 Å². The second-order valence-corrected chi connectivity index (χ2v) is 8.21. The van der Waals surface area contributed by atoms with Crippen molar-refractivity contribution in [3.63, 3.8) is 0 Å². The molecule has 1 unspecified atom stereocenters. The number of halogens is 2. The molecular formula is C14H19BrClNO2S. The molecule has 6 heteroatoms. The summed E-state index contributed by atoms with van der Waals surface area (Å²) in [5, 5.41) is 0. The number of rotatable bonds is 4. The van der Waals surface area contributed by atoms with E-state index in [9.17, 15) is 8.42 Å². The molecule has 0 aromatic heterocycles. The molecule has 0 bridgehead atoms. The van der Waals surface area contributed by atoms with E-state index in [2.05, 4.69) is 22.9 Å². The van der Waals surface area contributed by atoms with Crippen molar-refractivity contribution in [3.05, 3.63) is 28.2 Å². The Hall–Kier alpha value is -0.100. The molecule has 0 radical (unpaired) electrons. The van der Waals surface area contributed by atoms with Gasteiger partial charge in [0.05, 0.1) is 4.90 Å². The van der Waals surface area contributed by atoms with Crippen LogP contribution in [0.4, 0.5) is 0 Å². The third-order valence-corrected chi connectivity index (χ3v) is 6.98. The van der Waals surface area contributed by atoms with E-state index in [0.717, 1.165) is 24.8 Å². The SMILES string of the molecule is CCC1CCCN(S(=O)(=O)c2ccc(CCl)cc2Br)C1. The van der Waals surface area contributed by atoms with Crippen molar-refractivity contribution in [2.45, 2.75) is 37.0 Å². The van der Waals surface area contributed by atoms with Crippen LogP contribution in [0.2, 0.25) is 0 Å². The number of benzene rings is 1. The molecular weight excluding hydrogens is 362 g/mol. The Labute approximate surface area is 134 Å². The highest BCUT2D eigenvalue weighted by atomic mass is 79.9. The van der Waals surface area contributed by atoms with Gasteiger partial charge < -0.3 is 0 Å². The molecule has 0 saturated carbocycles. The Kier molecular flexibility index (Phi) is 5.51. The molecule has 112 valence electrons. The number of hydrogen-bond acceptors (Lipinski definition) is 2. The fourth-order valence-corrected chi connectivity index (χ4v) is 5.36. The topological polar surface area (TPSA) is 37.4 Å². The van der Waals surface area contributed by atoms with Crippen molar-refractivity contribution in [3.8, 4) is 0 Å². The molecule has 0 N–H and O–H groups in total. The molecule has 1 heterocycles. The zero-order valence-corrected chi connectivity index (χ0v) is 14.6. The fourth-order valence-electron chi connectivity index (χ4n) is 2.55. The number of piperidine rings is 1. The van der Waals surface area contributed by atoms with E-state index in [1.165, 1.54) is 0 Å². The average molecular weight is 381 g/mol. The van der Waals surface area contributed by atoms with Crippen LogP contribution >= 0.6 is 27.5 Å². The number of sulfonamides is 1. The van der Waals surface area contributed by atoms with E-state index in [-0.39, 0.29) is 0 Å². The molecule has 1 aromatic rings. The zero-order chi connectivity index (χ0) is 14.8. The van der Waals surface area contributed by atoms with E-state index in [0.29, 0.717) is 34.3 Å². The van der Waals surface area contributed by atoms with Crippen LogP contribution in [-0.4, -0.2) is 25.8 Å². The normalized spacial score (nSPS) is 21.1. The minimum absolute atomic E-state index is 0.336. The minimum atomic E-state index is -3.42. The van der Waals surface area contributed by atoms with E-state index in [4.69, 9.17) is 11.6 Å². The van der Waals surface area contributed by atoms with Gasteiger partial charge in [-0.3, -0.25) is 0 Å². The third kappa shape index (κ3) is 3.38. The lowest BCUT2D eigenvalue weighted by atomic mass is 9.97. The molecule has 0 amide bonds. The van der Waals surface area contributed by atoms with Crippen LogP contribution in [0, 0.1) is 5.92 Å². The van der Waals surface area contributed by atoms with Crippen molar-refractivity contribution in [1.29, 1.82) is 0 Å². The van der Waals surface area contributed by atoms with Crippen LogP contribution in [0.25, 0.3) is 0 Å². The van der Waals surface area contributed by atoms with Crippen LogP contribution in [-0.2, 0) is 15.9 Å². The molecule has 1 saturated heterocycles. The lowest BCUT2D eigenvalue weighted by molar-refractivity contribution is 0.261. The molecule has 2 rings (SSSR count). The lowest BCUT2D eigenvalue weighted by Crippen LogP contribution is -2.39. The summed E-state index contributed by atoms with van der Waals surface area (Å²) in [5.41, 5.74) is 0.905. The zero-order valence-electron chi connectivity index (χ0n) is 11.5. The first-order chi connectivity index (χ1) is 9.48. The van der Waals surface area contributed by atoms with Crippen molar-refractivity contribution in [1.82, 2.24) is 4.31 Å². The molecule has 1 aliphatic rings. The Bertz CT molecular complexity index is 577. The standard InChI is InChI=1S/C14H19BrClNO2S/c1-2-11-4-3-7-17(10-11)20(18,19)14-6-5-12(9-16)8-13(14)15/h5-6,8,11H,2-4,7,9-10H2,1H3. The van der Waals surface area contributed by atoms with E-state index in [1.807, 2.05) is 0 Å². The summed E-state index contributed by atoms with van der Waals surface area (Å²) < 4.78 is 27.7. The number of hydrogen-bond donors (Lipinski definition) is 0. The summed E-state index contributed by atoms with van der Waals surface area (Å²) in [5.74, 6) is 0.847. The predicted molar refractivity (Wildman–Crippen MR) is 85.5 cm³/mol. The van der Waals surface area contributed by atoms with Crippen molar-refractivity contribution < 1.29 is 8.42 Å². The van der Waals surface area contributed by atoms with Crippen molar-refractivity contribution >= 4 is 37.6 Å². The first-order valence-electron chi connectivity index (χ1n) is 6.83. The van der Waals surface area contributed by atoms with Crippen molar-refractivity contribution in [2.24, 2.45) is 5.92 Å². The van der Waals surface area contributed by atoms with Crippen LogP contribution in [0.5, 0.6) is 0 Å². The van der Waals surface area contributed by atoms with Gasteiger partial charge in [0.15, 0.2) is 0 Å². The summed E-state index contributed by atoms with van der Waals surface area (Å²) in [6.07, 6.45) is 3.09. The van der Waals surface area contributed by atoms with Gasteiger partial charge in [-0.1, -0.05) is 19.4 Å². The van der Waals surface area contributed by atoms with Gasteiger partial charge in [0, 0.05) is 23.4 Å². The van der Waals surface area contributed by atoms with Gasteiger partial charge in [-0.05, 0) is 52.4 Å². The van der Waals surface area contributed by atoms with Gasteiger partial charge in [-0.25, -0.2) is 8.42 Å². The molecule has 0 spiro atoms. The van der Waals surface area contributed by atoms with Gasteiger partial charge in [0.1, 0.15) is 0 Å². The Morgan fingerprint density at radius 2 is 2.20 bits per heavy atom. The van der Waals surface area contributed by atoms with Crippen LogP contribution in [0.1, 0.15) is 31.7 Å². The van der Waals surface area contributed by atoms with E-state index in [1.54, 1.807) is 22.5 Å². The van der Waals surface area contributed by atoms with Gasteiger partial charge in [0.25, 0.3) is 0 Å². The quantitative estimate of drug-likeness (QED) is 0.740. The Balaban J connectivity index is 2.30. The van der Waals surface area contributed by atoms with Crippen molar-refractivity contribution in [2.75, 3.05) is 13.1 Å².